The maximum atomic E-state index is 9.46. The molecule has 0 saturated carbocycles. The Morgan fingerprint density at radius 1 is 1.35 bits per heavy atom. The van der Waals surface area contributed by atoms with Crippen LogP contribution >= 0.6 is 27.5 Å². The molecule has 0 amide bonds. The van der Waals surface area contributed by atoms with E-state index in [1.807, 2.05) is 19.1 Å². The quantitative estimate of drug-likeness (QED) is 0.356. The summed E-state index contributed by atoms with van der Waals surface area (Å²) in [5.41, 5.74) is 2.62. The lowest BCUT2D eigenvalue weighted by atomic mass is 9.96. The molecule has 1 fully saturated rings. The molecule has 10 heteroatoms. The van der Waals surface area contributed by atoms with Gasteiger partial charge in [0.1, 0.15) is 5.82 Å². The van der Waals surface area contributed by atoms with Crippen molar-refractivity contribution in [1.82, 2.24) is 9.97 Å². The molecule has 2 heterocycles. The highest BCUT2D eigenvalue weighted by Crippen LogP contribution is 2.38. The number of benzene rings is 1. The summed E-state index contributed by atoms with van der Waals surface area (Å²) in [6.07, 6.45) is 2.46. The second-order valence-corrected chi connectivity index (χ2v) is 16.2. The average Bonchev–Trinajstić information content (AvgIpc) is 2.77. The van der Waals surface area contributed by atoms with Crippen LogP contribution < -0.4 is 10.6 Å². The van der Waals surface area contributed by atoms with Gasteiger partial charge in [0, 0.05) is 28.5 Å². The Bertz CT molecular complexity index is 1070. The molecule has 184 valence electrons. The van der Waals surface area contributed by atoms with Crippen LogP contribution in [0.1, 0.15) is 38.3 Å². The molecule has 0 bridgehead atoms. The first-order valence-electron chi connectivity index (χ1n) is 11.4. The van der Waals surface area contributed by atoms with Crippen LogP contribution in [0, 0.1) is 24.2 Å². The van der Waals surface area contributed by atoms with Gasteiger partial charge in [-0.25, -0.2) is 4.98 Å². The fraction of sp³-hybridized carbons (Fsp3) is 0.542. The predicted octanol–water partition coefficient (Wildman–Crippen LogP) is 6.81. The van der Waals surface area contributed by atoms with Crippen LogP contribution in [0.15, 0.2) is 22.8 Å². The van der Waals surface area contributed by atoms with Gasteiger partial charge in [-0.3, -0.25) is 0 Å². The van der Waals surface area contributed by atoms with Crippen LogP contribution in [0.5, 0.6) is 0 Å². The maximum absolute atomic E-state index is 9.46. The zero-order valence-corrected chi connectivity index (χ0v) is 24.0. The van der Waals surface area contributed by atoms with Crippen LogP contribution in [0.25, 0.3) is 0 Å². The number of nitriles is 1. The van der Waals surface area contributed by atoms with Crippen molar-refractivity contribution in [3.05, 3.63) is 39.0 Å². The Labute approximate surface area is 216 Å². The summed E-state index contributed by atoms with van der Waals surface area (Å²) < 4.78 is 12.8. The highest BCUT2D eigenvalue weighted by Gasteiger charge is 2.37. The average molecular weight is 567 g/mol. The molecule has 1 aliphatic rings. The number of rotatable bonds is 7. The van der Waals surface area contributed by atoms with E-state index in [2.05, 4.69) is 76.5 Å². The number of aromatic nitrogens is 2. The van der Waals surface area contributed by atoms with Crippen molar-refractivity contribution >= 4 is 53.3 Å². The molecule has 3 rings (SSSR count). The minimum atomic E-state index is -1.91. The van der Waals surface area contributed by atoms with E-state index < -0.39 is 8.32 Å². The molecule has 7 nitrogen and oxygen atoms in total. The molecule has 1 aliphatic heterocycles. The summed E-state index contributed by atoms with van der Waals surface area (Å²) in [6.45, 7) is 14.6. The minimum Gasteiger partial charge on any atom is -0.413 e. The van der Waals surface area contributed by atoms with Gasteiger partial charge in [-0.1, -0.05) is 32.4 Å². The summed E-state index contributed by atoms with van der Waals surface area (Å²) in [6, 6.07) is 6.09. The molecular formula is C24H33BrClN5O2Si. The molecule has 1 aromatic carbocycles. The van der Waals surface area contributed by atoms with E-state index in [1.165, 1.54) is 0 Å². The van der Waals surface area contributed by atoms with Crippen molar-refractivity contribution < 1.29 is 9.16 Å². The number of nitrogens with one attached hydrogen (secondary N) is 2. The maximum Gasteiger partial charge on any atom is 0.229 e. The summed E-state index contributed by atoms with van der Waals surface area (Å²) >= 11 is 10.1. The first-order chi connectivity index (χ1) is 15.9. The van der Waals surface area contributed by atoms with E-state index in [1.54, 1.807) is 6.20 Å². The van der Waals surface area contributed by atoms with Gasteiger partial charge in [0.15, 0.2) is 8.32 Å². The second-order valence-electron chi connectivity index (χ2n) is 10.2. The standard InChI is InChI=1S/C24H33BrClN5O2Si/c1-15-12-28-23(31-22(15)30-20-14-32-8-7-16(20)11-27)29-18-9-17(21(25)19(26)10-18)13-33-34(5,6)24(2,3)4/h9-10,12,16,20H,7-8,13-14H2,1-6H3,(H2,28,29,30,31). The van der Waals surface area contributed by atoms with E-state index >= 15 is 0 Å². The largest absolute Gasteiger partial charge is 0.413 e. The number of hydrogen-bond donors (Lipinski definition) is 2. The van der Waals surface area contributed by atoms with E-state index in [0.717, 1.165) is 21.3 Å². The van der Waals surface area contributed by atoms with Gasteiger partial charge in [-0.2, -0.15) is 10.2 Å². The molecule has 2 unspecified atom stereocenters. The van der Waals surface area contributed by atoms with Crippen molar-refractivity contribution in [1.29, 1.82) is 5.26 Å². The second kappa shape index (κ2) is 10.9. The molecule has 0 radical (unpaired) electrons. The highest BCUT2D eigenvalue weighted by molar-refractivity contribution is 9.10. The Morgan fingerprint density at radius 2 is 2.09 bits per heavy atom. The van der Waals surface area contributed by atoms with Gasteiger partial charge in [-0.15, -0.1) is 0 Å². The number of aryl methyl sites for hydroxylation is 1. The van der Waals surface area contributed by atoms with Gasteiger partial charge in [-0.05, 0) is 65.1 Å². The summed E-state index contributed by atoms with van der Waals surface area (Å²) in [4.78, 5) is 9.08. The SMILES string of the molecule is Cc1cnc(Nc2cc(Cl)c(Br)c(CO[Si](C)(C)C(C)(C)C)c2)nc1NC1COCCC1C#N. The summed E-state index contributed by atoms with van der Waals surface area (Å²) in [5.74, 6) is 0.999. The molecule has 0 spiro atoms. The molecule has 1 saturated heterocycles. The van der Waals surface area contributed by atoms with Gasteiger partial charge >= 0.3 is 0 Å². The molecule has 2 N–H and O–H groups in total. The number of hydrogen-bond acceptors (Lipinski definition) is 7. The molecule has 0 aliphatic carbocycles. The van der Waals surface area contributed by atoms with Crippen molar-refractivity contribution in [2.75, 3.05) is 23.8 Å². The monoisotopic (exact) mass is 565 g/mol. The van der Waals surface area contributed by atoms with Crippen LogP contribution in [0.3, 0.4) is 0 Å². The fourth-order valence-corrected chi connectivity index (χ4v) is 4.82. The molecule has 2 aromatic rings. The molecule has 1 aromatic heterocycles. The third kappa shape index (κ3) is 6.49. The van der Waals surface area contributed by atoms with Crippen LogP contribution in [0.2, 0.25) is 23.2 Å². The lowest BCUT2D eigenvalue weighted by Gasteiger charge is -2.36. The minimum absolute atomic E-state index is 0.110. The molecule has 34 heavy (non-hydrogen) atoms. The first kappa shape index (κ1) is 26.9. The predicted molar refractivity (Wildman–Crippen MR) is 143 cm³/mol. The number of anilines is 3. The smallest absolute Gasteiger partial charge is 0.229 e. The Balaban J connectivity index is 1.79. The van der Waals surface area contributed by atoms with Crippen LogP contribution in [0.4, 0.5) is 17.5 Å². The lowest BCUT2D eigenvalue weighted by molar-refractivity contribution is 0.0698. The topological polar surface area (TPSA) is 92.1 Å². The number of ether oxygens (including phenoxy) is 1. The first-order valence-corrected chi connectivity index (χ1v) is 15.5. The van der Waals surface area contributed by atoms with Crippen molar-refractivity contribution in [2.24, 2.45) is 5.92 Å². The Hall–Kier alpha value is -1.70. The third-order valence-electron chi connectivity index (χ3n) is 6.57. The Morgan fingerprint density at radius 3 is 2.76 bits per heavy atom. The van der Waals surface area contributed by atoms with E-state index in [-0.39, 0.29) is 17.0 Å². The van der Waals surface area contributed by atoms with Crippen LogP contribution in [-0.2, 0) is 15.8 Å². The van der Waals surface area contributed by atoms with Crippen molar-refractivity contribution in [3.63, 3.8) is 0 Å². The van der Waals surface area contributed by atoms with Crippen molar-refractivity contribution in [2.45, 2.75) is 64.9 Å². The van der Waals surface area contributed by atoms with Crippen LogP contribution in [-0.4, -0.2) is 37.5 Å². The molecule has 2 atom stereocenters. The third-order valence-corrected chi connectivity index (χ3v) is 12.5. The number of halogens is 2. The zero-order chi connectivity index (χ0) is 25.1. The van der Waals surface area contributed by atoms with Gasteiger partial charge in [0.25, 0.3) is 0 Å². The number of nitrogens with zero attached hydrogens (tertiary/aromatic N) is 3. The zero-order valence-electron chi connectivity index (χ0n) is 20.6. The molecular weight excluding hydrogens is 534 g/mol. The van der Waals surface area contributed by atoms with Gasteiger partial charge in [0.05, 0.1) is 36.3 Å². The highest BCUT2D eigenvalue weighted by atomic mass is 79.9. The fourth-order valence-electron chi connectivity index (χ4n) is 3.29. The summed E-state index contributed by atoms with van der Waals surface area (Å²) in [5, 5.41) is 16.8. The Kier molecular flexibility index (Phi) is 8.64. The van der Waals surface area contributed by atoms with E-state index in [4.69, 9.17) is 20.8 Å². The summed E-state index contributed by atoms with van der Waals surface area (Å²) in [7, 11) is -1.91. The van der Waals surface area contributed by atoms with Gasteiger partial charge < -0.3 is 19.8 Å². The normalized spacial score (nSPS) is 18.9. The lowest BCUT2D eigenvalue weighted by Crippen LogP contribution is -2.40. The van der Waals surface area contributed by atoms with Gasteiger partial charge in [0.2, 0.25) is 5.95 Å². The van der Waals surface area contributed by atoms with Crippen molar-refractivity contribution in [3.8, 4) is 6.07 Å². The van der Waals surface area contributed by atoms with E-state index in [0.29, 0.717) is 43.0 Å². The van der Waals surface area contributed by atoms with E-state index in [9.17, 15) is 5.26 Å².